The predicted molar refractivity (Wildman–Crippen MR) is 103 cm³/mol. The first-order valence-corrected chi connectivity index (χ1v) is 8.71. The van der Waals surface area contributed by atoms with E-state index in [0.29, 0.717) is 32.3 Å². The lowest BCUT2D eigenvalue weighted by Crippen LogP contribution is -2.34. The number of hydrogen-bond acceptors (Lipinski definition) is 5. The Morgan fingerprint density at radius 1 is 1.04 bits per heavy atom. The van der Waals surface area contributed by atoms with Crippen LogP contribution >= 0.6 is 58.7 Å². The number of carbonyl (C=O) groups excluding carboxylic acids is 1. The van der Waals surface area contributed by atoms with Gasteiger partial charge in [-0.05, 0) is 42.5 Å². The number of nitrogens with zero attached hydrogens (tertiary/aromatic N) is 2. The molecule has 24 heavy (non-hydrogen) atoms. The Bertz CT molecular complexity index is 960. The summed E-state index contributed by atoms with van der Waals surface area (Å²) in [5.74, 6) is -0.425. The summed E-state index contributed by atoms with van der Waals surface area (Å²) in [4.78, 5) is 12.2. The van der Waals surface area contributed by atoms with Crippen LogP contribution in [-0.2, 0) is 0 Å². The fourth-order valence-corrected chi connectivity index (χ4v) is 3.14. The Kier molecular flexibility index (Phi) is 5.17. The number of benzene rings is 2. The minimum Gasteiger partial charge on any atom is -0.329 e. The molecule has 3 aromatic rings. The van der Waals surface area contributed by atoms with Crippen molar-refractivity contribution in [3.63, 3.8) is 0 Å². The summed E-state index contributed by atoms with van der Waals surface area (Å²) in [5, 5.41) is 6.57. The van der Waals surface area contributed by atoms with Gasteiger partial charge in [0.15, 0.2) is 5.11 Å². The van der Waals surface area contributed by atoms with Crippen molar-refractivity contribution in [3.8, 4) is 0 Å². The second-order valence-electron chi connectivity index (χ2n) is 4.59. The molecule has 0 bridgehead atoms. The highest BCUT2D eigenvalue weighted by molar-refractivity contribution is 7.80. The van der Waals surface area contributed by atoms with E-state index in [1.807, 2.05) is 0 Å². The molecule has 1 aromatic heterocycles. The van der Waals surface area contributed by atoms with Crippen molar-refractivity contribution in [3.05, 3.63) is 51.0 Å². The number of hydrogen-bond donors (Lipinski definition) is 2. The number of carbonyl (C=O) groups is 1. The van der Waals surface area contributed by atoms with Gasteiger partial charge in [0, 0.05) is 5.56 Å². The van der Waals surface area contributed by atoms with E-state index < -0.39 is 5.91 Å². The van der Waals surface area contributed by atoms with Gasteiger partial charge in [-0.3, -0.25) is 10.1 Å². The minimum atomic E-state index is -0.425. The summed E-state index contributed by atoms with van der Waals surface area (Å²) in [6.07, 6.45) is 0. The third-order valence-electron chi connectivity index (χ3n) is 3.02. The molecular weight excluding hydrogens is 411 g/mol. The fourth-order valence-electron chi connectivity index (χ4n) is 1.90. The van der Waals surface area contributed by atoms with E-state index in [1.165, 1.54) is 12.1 Å². The van der Waals surface area contributed by atoms with E-state index in [4.69, 9.17) is 47.0 Å². The van der Waals surface area contributed by atoms with Gasteiger partial charge in [0.1, 0.15) is 11.0 Å². The van der Waals surface area contributed by atoms with Gasteiger partial charge in [-0.2, -0.15) is 8.75 Å². The topological polar surface area (TPSA) is 66.9 Å². The first-order valence-electron chi connectivity index (χ1n) is 6.44. The van der Waals surface area contributed by atoms with E-state index >= 15 is 0 Å². The molecule has 5 nitrogen and oxygen atoms in total. The van der Waals surface area contributed by atoms with Gasteiger partial charge in [-0.1, -0.05) is 34.8 Å². The summed E-state index contributed by atoms with van der Waals surface area (Å²) in [7, 11) is 0. The van der Waals surface area contributed by atoms with E-state index in [9.17, 15) is 4.79 Å². The van der Waals surface area contributed by atoms with Gasteiger partial charge in [0.25, 0.3) is 5.91 Å². The van der Waals surface area contributed by atoms with Crippen LogP contribution in [0.4, 0.5) is 5.69 Å². The number of rotatable bonds is 2. The Balaban J connectivity index is 1.77. The fraction of sp³-hybridized carbons (Fsp3) is 0. The summed E-state index contributed by atoms with van der Waals surface area (Å²) in [6.45, 7) is 0. The van der Waals surface area contributed by atoms with Crippen molar-refractivity contribution in [2.45, 2.75) is 0 Å². The van der Waals surface area contributed by atoms with Gasteiger partial charge in [-0.15, -0.1) is 0 Å². The lowest BCUT2D eigenvalue weighted by Gasteiger charge is -2.11. The maximum Gasteiger partial charge on any atom is 0.257 e. The molecule has 2 aromatic carbocycles. The van der Waals surface area contributed by atoms with E-state index in [1.54, 1.807) is 18.2 Å². The minimum absolute atomic E-state index is 0.0773. The molecular formula is C14H7Cl3N4OS2. The summed E-state index contributed by atoms with van der Waals surface area (Å²) in [5.41, 5.74) is 2.08. The molecule has 10 heteroatoms. The molecule has 2 N–H and O–H groups in total. The Morgan fingerprint density at radius 3 is 2.54 bits per heavy atom. The molecule has 0 aliphatic heterocycles. The average Bonchev–Trinajstić information content (AvgIpc) is 3.01. The summed E-state index contributed by atoms with van der Waals surface area (Å²) in [6, 6.07) is 7.97. The highest BCUT2D eigenvalue weighted by Gasteiger charge is 2.14. The van der Waals surface area contributed by atoms with Gasteiger partial charge in [-0.25, -0.2) is 0 Å². The maximum absolute atomic E-state index is 12.2. The molecule has 0 radical (unpaired) electrons. The van der Waals surface area contributed by atoms with Crippen LogP contribution in [0.5, 0.6) is 0 Å². The number of anilines is 1. The summed E-state index contributed by atoms with van der Waals surface area (Å²) < 4.78 is 8.30. The maximum atomic E-state index is 12.2. The van der Waals surface area contributed by atoms with Crippen LogP contribution in [0.1, 0.15) is 10.4 Å². The van der Waals surface area contributed by atoms with Crippen LogP contribution in [0, 0.1) is 0 Å². The monoisotopic (exact) mass is 416 g/mol. The largest absolute Gasteiger partial charge is 0.329 e. The van der Waals surface area contributed by atoms with Gasteiger partial charge >= 0.3 is 0 Å². The van der Waals surface area contributed by atoms with Crippen molar-refractivity contribution in [1.29, 1.82) is 0 Å². The first kappa shape index (κ1) is 17.3. The lowest BCUT2D eigenvalue weighted by molar-refractivity contribution is 0.0977. The molecule has 0 saturated carbocycles. The lowest BCUT2D eigenvalue weighted by atomic mass is 10.2. The number of thiocarbonyl (C=S) groups is 1. The number of halogens is 3. The van der Waals surface area contributed by atoms with Crippen LogP contribution in [0.15, 0.2) is 30.3 Å². The van der Waals surface area contributed by atoms with E-state index in [-0.39, 0.29) is 10.1 Å². The Morgan fingerprint density at radius 2 is 1.79 bits per heavy atom. The highest BCUT2D eigenvalue weighted by Crippen LogP contribution is 2.29. The van der Waals surface area contributed by atoms with Crippen LogP contribution in [0.2, 0.25) is 15.1 Å². The molecule has 1 heterocycles. The standard InChI is InChI=1S/C14H7Cl3N4OS2/c15-7-2-1-6(5-9(7)17)13(22)19-14(23)18-11-8(16)3-4-10-12(11)21-24-20-10/h1-5H,(H2,18,19,22,23). The molecule has 0 fully saturated rings. The second kappa shape index (κ2) is 7.16. The normalized spacial score (nSPS) is 10.6. The molecule has 0 atom stereocenters. The molecule has 0 saturated heterocycles. The van der Waals surface area contributed by atoms with Crippen LogP contribution < -0.4 is 10.6 Å². The first-order chi connectivity index (χ1) is 11.5. The van der Waals surface area contributed by atoms with Crippen LogP contribution in [0.3, 0.4) is 0 Å². The third kappa shape index (κ3) is 3.60. The van der Waals surface area contributed by atoms with Gasteiger partial charge < -0.3 is 5.32 Å². The zero-order valence-electron chi connectivity index (χ0n) is 11.6. The Hall–Kier alpha value is -1.51. The highest BCUT2D eigenvalue weighted by atomic mass is 35.5. The quantitative estimate of drug-likeness (QED) is 0.587. The number of amides is 1. The molecule has 122 valence electrons. The van der Waals surface area contributed by atoms with Crippen molar-refractivity contribution in [1.82, 2.24) is 14.1 Å². The van der Waals surface area contributed by atoms with Crippen LogP contribution in [-0.4, -0.2) is 19.8 Å². The number of fused-ring (bicyclic) bond motifs is 1. The zero-order chi connectivity index (χ0) is 17.3. The van der Waals surface area contributed by atoms with Gasteiger partial charge in [0.2, 0.25) is 0 Å². The number of nitrogens with one attached hydrogen (secondary N) is 2. The van der Waals surface area contributed by atoms with Crippen molar-refractivity contribution < 1.29 is 4.79 Å². The van der Waals surface area contributed by atoms with Crippen LogP contribution in [0.25, 0.3) is 11.0 Å². The van der Waals surface area contributed by atoms with E-state index in [0.717, 1.165) is 11.7 Å². The van der Waals surface area contributed by atoms with Crippen molar-refractivity contribution >= 4 is 86.5 Å². The van der Waals surface area contributed by atoms with Crippen molar-refractivity contribution in [2.24, 2.45) is 0 Å². The summed E-state index contributed by atoms with van der Waals surface area (Å²) >= 11 is 24.1. The zero-order valence-corrected chi connectivity index (χ0v) is 15.5. The third-order valence-corrected chi connectivity index (χ3v) is 4.83. The molecule has 0 aliphatic carbocycles. The van der Waals surface area contributed by atoms with E-state index in [2.05, 4.69) is 19.4 Å². The second-order valence-corrected chi connectivity index (χ2v) is 6.75. The van der Waals surface area contributed by atoms with Gasteiger partial charge in [0.05, 0.1) is 32.5 Å². The molecule has 0 spiro atoms. The predicted octanol–water partition coefficient (Wildman–Crippen LogP) is 4.78. The molecule has 0 unspecified atom stereocenters. The average molecular weight is 418 g/mol. The number of aromatic nitrogens is 2. The Labute approximate surface area is 161 Å². The van der Waals surface area contributed by atoms with Crippen molar-refractivity contribution in [2.75, 3.05) is 5.32 Å². The molecule has 1 amide bonds. The SMILES string of the molecule is O=C(NC(=S)Nc1c(Cl)ccc2nsnc12)c1ccc(Cl)c(Cl)c1. The smallest absolute Gasteiger partial charge is 0.257 e. The molecule has 0 aliphatic rings. The molecule has 3 rings (SSSR count).